The number of rotatable bonds is 10. The van der Waals surface area contributed by atoms with E-state index in [0.29, 0.717) is 25.3 Å². The topological polar surface area (TPSA) is 30.5 Å². The van der Waals surface area contributed by atoms with Crippen LogP contribution in [0.3, 0.4) is 0 Å². The van der Waals surface area contributed by atoms with Crippen LogP contribution in [0.15, 0.2) is 49.1 Å². The van der Waals surface area contributed by atoms with Gasteiger partial charge >= 0.3 is 0 Å². The number of hydrogen-bond acceptors (Lipinski definition) is 3. The lowest BCUT2D eigenvalue weighted by Crippen LogP contribution is -2.06. The third-order valence-electron chi connectivity index (χ3n) is 4.04. The summed E-state index contributed by atoms with van der Waals surface area (Å²) in [6, 6.07) is 12.5. The largest absolute Gasteiger partial charge is 0.490 e. The van der Waals surface area contributed by atoms with Crippen LogP contribution in [-0.2, 0) is 19.4 Å². The molecule has 2 rings (SSSR count). The van der Waals surface area contributed by atoms with E-state index in [9.17, 15) is 0 Å². The second-order valence-corrected chi connectivity index (χ2v) is 5.87. The van der Waals surface area contributed by atoms with E-state index in [1.54, 1.807) is 0 Å². The van der Waals surface area contributed by atoms with Crippen molar-refractivity contribution in [1.29, 1.82) is 0 Å². The third-order valence-corrected chi connectivity index (χ3v) is 4.04. The fourth-order valence-electron chi connectivity index (χ4n) is 2.87. The number of allylic oxidation sites excluding steroid dienone is 1. The molecule has 2 aromatic carbocycles. The molecule has 2 aromatic rings. The maximum atomic E-state index is 5.80. The lowest BCUT2D eigenvalue weighted by molar-refractivity contribution is 0.297. The Bertz CT molecular complexity index is 774. The van der Waals surface area contributed by atoms with Gasteiger partial charge in [0.15, 0.2) is 11.5 Å². The van der Waals surface area contributed by atoms with Gasteiger partial charge < -0.3 is 14.8 Å². The molecule has 0 aliphatic rings. The molecule has 0 saturated heterocycles. The molecule has 0 atom stereocenters. The minimum Gasteiger partial charge on any atom is -0.490 e. The zero-order valence-electron chi connectivity index (χ0n) is 15.7. The van der Waals surface area contributed by atoms with Gasteiger partial charge in [0.1, 0.15) is 6.61 Å². The Hall–Kier alpha value is -2.86. The van der Waals surface area contributed by atoms with Crippen LogP contribution < -0.4 is 14.8 Å². The van der Waals surface area contributed by atoms with Gasteiger partial charge in [-0.3, -0.25) is 0 Å². The number of para-hydroxylation sites is 1. The highest BCUT2D eigenvalue weighted by Gasteiger charge is 2.13. The Kier molecular flexibility index (Phi) is 7.64. The summed E-state index contributed by atoms with van der Waals surface area (Å²) in [6.07, 6.45) is 8.89. The average molecular weight is 349 g/mol. The van der Waals surface area contributed by atoms with E-state index in [2.05, 4.69) is 49.0 Å². The van der Waals surface area contributed by atoms with E-state index in [4.69, 9.17) is 15.9 Å². The van der Waals surface area contributed by atoms with E-state index >= 15 is 0 Å². The monoisotopic (exact) mass is 349 g/mol. The van der Waals surface area contributed by atoms with E-state index < -0.39 is 0 Å². The van der Waals surface area contributed by atoms with Crippen molar-refractivity contribution in [2.75, 3.05) is 18.5 Å². The molecule has 0 fully saturated rings. The van der Waals surface area contributed by atoms with Crippen LogP contribution in [-0.4, -0.2) is 13.2 Å². The van der Waals surface area contributed by atoms with Crippen molar-refractivity contribution in [2.24, 2.45) is 0 Å². The van der Waals surface area contributed by atoms with Crippen LogP contribution in [0.2, 0.25) is 0 Å². The van der Waals surface area contributed by atoms with Crippen LogP contribution >= 0.6 is 0 Å². The Labute approximate surface area is 157 Å². The summed E-state index contributed by atoms with van der Waals surface area (Å²) < 4.78 is 11.6. The lowest BCUT2D eigenvalue weighted by Gasteiger charge is -2.17. The number of anilines is 1. The van der Waals surface area contributed by atoms with Crippen molar-refractivity contribution in [3.8, 4) is 23.8 Å². The zero-order valence-corrected chi connectivity index (χ0v) is 15.7. The minimum absolute atomic E-state index is 0.214. The molecular weight excluding hydrogens is 322 g/mol. The van der Waals surface area contributed by atoms with Crippen molar-refractivity contribution in [2.45, 2.75) is 33.2 Å². The average Bonchev–Trinajstić information content (AvgIpc) is 2.66. The van der Waals surface area contributed by atoms with E-state index in [1.165, 1.54) is 5.56 Å². The fraction of sp³-hybridized carbons (Fsp3) is 0.304. The molecule has 3 nitrogen and oxygen atoms in total. The maximum absolute atomic E-state index is 5.80. The van der Waals surface area contributed by atoms with Crippen LogP contribution in [0.25, 0.3) is 0 Å². The number of benzene rings is 2. The number of terminal acetylenes is 1. The molecule has 0 aromatic heterocycles. The van der Waals surface area contributed by atoms with Gasteiger partial charge in [0.25, 0.3) is 0 Å². The summed E-state index contributed by atoms with van der Waals surface area (Å²) in [6.45, 7) is 9.45. The van der Waals surface area contributed by atoms with Gasteiger partial charge in [0.2, 0.25) is 0 Å². The van der Waals surface area contributed by atoms with Gasteiger partial charge in [0, 0.05) is 17.8 Å². The van der Waals surface area contributed by atoms with Crippen molar-refractivity contribution in [1.82, 2.24) is 0 Å². The van der Waals surface area contributed by atoms with Crippen molar-refractivity contribution in [3.05, 3.63) is 65.7 Å². The number of aryl methyl sites for hydroxylation is 1. The molecule has 0 spiro atoms. The van der Waals surface area contributed by atoms with Gasteiger partial charge in [-0.05, 0) is 49.1 Å². The molecule has 0 bridgehead atoms. The van der Waals surface area contributed by atoms with Crippen LogP contribution in [0.1, 0.15) is 30.5 Å². The first kappa shape index (κ1) is 19.5. The Morgan fingerprint density at radius 2 is 1.96 bits per heavy atom. The van der Waals surface area contributed by atoms with Gasteiger partial charge in [-0.25, -0.2) is 0 Å². The van der Waals surface area contributed by atoms with Gasteiger partial charge in [-0.1, -0.05) is 37.1 Å². The highest BCUT2D eigenvalue weighted by molar-refractivity contribution is 5.54. The summed E-state index contributed by atoms with van der Waals surface area (Å²) in [5.41, 5.74) is 4.62. The van der Waals surface area contributed by atoms with E-state index in [1.807, 2.05) is 25.1 Å². The summed E-state index contributed by atoms with van der Waals surface area (Å²) >= 11 is 0. The summed E-state index contributed by atoms with van der Waals surface area (Å²) in [7, 11) is 0. The minimum atomic E-state index is 0.214. The first-order valence-corrected chi connectivity index (χ1v) is 9.00. The molecule has 0 heterocycles. The van der Waals surface area contributed by atoms with Crippen LogP contribution in [0.5, 0.6) is 11.5 Å². The Balaban J connectivity index is 2.30. The SMILES string of the molecule is C#CCOc1c(CC=C)cc(CNc2ccccc2CC)cc1OCC. The lowest BCUT2D eigenvalue weighted by atomic mass is 10.0. The molecule has 0 unspecified atom stereocenters. The molecule has 0 saturated carbocycles. The Morgan fingerprint density at radius 3 is 2.65 bits per heavy atom. The van der Waals surface area contributed by atoms with Crippen LogP contribution in [0.4, 0.5) is 5.69 Å². The zero-order chi connectivity index (χ0) is 18.8. The molecule has 136 valence electrons. The smallest absolute Gasteiger partial charge is 0.166 e. The number of ether oxygens (including phenoxy) is 2. The third kappa shape index (κ3) is 5.07. The van der Waals surface area contributed by atoms with Crippen molar-refractivity contribution in [3.63, 3.8) is 0 Å². The molecule has 0 aliphatic carbocycles. The predicted octanol–water partition coefficient (Wildman–Crippen LogP) is 5.00. The van der Waals surface area contributed by atoms with Gasteiger partial charge in [-0.15, -0.1) is 13.0 Å². The number of nitrogens with one attached hydrogen (secondary N) is 1. The highest BCUT2D eigenvalue weighted by Crippen LogP contribution is 2.34. The second-order valence-electron chi connectivity index (χ2n) is 5.87. The van der Waals surface area contributed by atoms with Gasteiger partial charge in [-0.2, -0.15) is 0 Å². The normalized spacial score (nSPS) is 10.0. The number of hydrogen-bond donors (Lipinski definition) is 1. The second kappa shape index (κ2) is 10.2. The van der Waals surface area contributed by atoms with Gasteiger partial charge in [0.05, 0.1) is 6.61 Å². The molecule has 0 radical (unpaired) electrons. The molecule has 0 amide bonds. The molecule has 26 heavy (non-hydrogen) atoms. The standard InChI is InChI=1S/C23H27NO2/c1-5-11-20-15-18(16-22(25-8-4)23(20)26-14-6-2)17-24-21-13-10-9-12-19(21)7-3/h2,5,9-10,12-13,15-16,24H,1,7-8,11,14,17H2,3-4H3. The molecule has 0 aliphatic heterocycles. The molecule has 1 N–H and O–H groups in total. The van der Waals surface area contributed by atoms with E-state index in [-0.39, 0.29) is 6.61 Å². The first-order valence-electron chi connectivity index (χ1n) is 9.00. The maximum Gasteiger partial charge on any atom is 0.166 e. The molecular formula is C23H27NO2. The summed E-state index contributed by atoms with van der Waals surface area (Å²) in [5.74, 6) is 3.95. The fourth-order valence-corrected chi connectivity index (χ4v) is 2.87. The first-order chi connectivity index (χ1) is 12.7. The summed E-state index contributed by atoms with van der Waals surface area (Å²) in [5, 5.41) is 3.53. The van der Waals surface area contributed by atoms with Crippen LogP contribution in [0, 0.1) is 12.3 Å². The van der Waals surface area contributed by atoms with Crippen molar-refractivity contribution >= 4 is 5.69 Å². The molecule has 3 heteroatoms. The predicted molar refractivity (Wildman–Crippen MR) is 109 cm³/mol. The highest BCUT2D eigenvalue weighted by atomic mass is 16.5. The van der Waals surface area contributed by atoms with Crippen molar-refractivity contribution < 1.29 is 9.47 Å². The quantitative estimate of drug-likeness (QED) is 0.484. The Morgan fingerprint density at radius 1 is 1.15 bits per heavy atom. The van der Waals surface area contributed by atoms with E-state index in [0.717, 1.165) is 29.0 Å². The summed E-state index contributed by atoms with van der Waals surface area (Å²) in [4.78, 5) is 0.